The number of nitrogens with one attached hydrogen (secondary N) is 2. The second-order valence-electron chi connectivity index (χ2n) is 18.6. The summed E-state index contributed by atoms with van der Waals surface area (Å²) in [6.07, 6.45) is 3.14. The molecule has 4 amide bonds. The molecule has 16 nitrogen and oxygen atoms in total. The number of amides is 4. The van der Waals surface area contributed by atoms with Crippen molar-refractivity contribution < 1.29 is 38.2 Å². The van der Waals surface area contributed by atoms with Gasteiger partial charge in [-0.05, 0) is 81.2 Å². The summed E-state index contributed by atoms with van der Waals surface area (Å²) in [5, 5.41) is 7.68. The molecule has 2 saturated heterocycles. The largest absolute Gasteiger partial charge is 0.464 e. The average Bonchev–Trinajstić information content (AvgIpc) is 4.05. The van der Waals surface area contributed by atoms with Crippen LogP contribution in [0.3, 0.4) is 0 Å². The topological polar surface area (TPSA) is 185 Å². The van der Waals surface area contributed by atoms with Crippen LogP contribution in [0.15, 0.2) is 41.9 Å². The van der Waals surface area contributed by atoms with Gasteiger partial charge in [-0.3, -0.25) is 43.3 Å². The third kappa shape index (κ3) is 9.91. The summed E-state index contributed by atoms with van der Waals surface area (Å²) in [5.74, 6) is 2.01. The predicted molar refractivity (Wildman–Crippen MR) is 249 cm³/mol. The number of carbonyl (C=O) groups excluding carboxylic acids is 6. The molecule has 6 heterocycles. The van der Waals surface area contributed by atoms with Crippen molar-refractivity contribution in [2.24, 2.45) is 17.3 Å². The first kappa shape index (κ1) is 48.0. The molecule has 2 N–H and O–H groups in total. The summed E-state index contributed by atoms with van der Waals surface area (Å²) < 4.78 is 13.5. The number of aromatic nitrogens is 3. The Hall–Kier alpha value is -5.96. The van der Waals surface area contributed by atoms with Gasteiger partial charge in [-0.2, -0.15) is 0 Å². The Balaban J connectivity index is 1.27. The number of hydrogen-bond donors (Lipinski definition) is 2. The molecule has 0 radical (unpaired) electrons. The molecule has 0 aliphatic carbocycles. The van der Waals surface area contributed by atoms with Crippen molar-refractivity contribution in [3.8, 4) is 34.4 Å². The van der Waals surface area contributed by atoms with E-state index in [0.29, 0.717) is 59.8 Å². The minimum atomic E-state index is -1.13. The normalized spacial score (nSPS) is 20.8. The molecule has 7 rings (SSSR count). The van der Waals surface area contributed by atoms with Crippen LogP contribution in [-0.2, 0) is 46.3 Å². The molecule has 3 aliphatic heterocycles. The number of ether oxygens (including phenoxy) is 2. The van der Waals surface area contributed by atoms with E-state index in [4.69, 9.17) is 19.4 Å². The van der Waals surface area contributed by atoms with Crippen molar-refractivity contribution in [2.75, 3.05) is 40.4 Å². The molecule has 1 unspecified atom stereocenters. The molecular weight excluding hydrogens is 861 g/mol. The number of esters is 1. The van der Waals surface area contributed by atoms with Crippen LogP contribution in [0.1, 0.15) is 94.9 Å². The summed E-state index contributed by atoms with van der Waals surface area (Å²) in [5.41, 5.74) is 7.58. The number of likely N-dealkylation sites (N-methyl/N-ethyl adjacent to an activating group) is 1. The van der Waals surface area contributed by atoms with Crippen LogP contribution in [0.5, 0.6) is 0 Å². The molecule has 0 spiro atoms. The number of rotatable bonds is 8. The maximum absolute atomic E-state index is 14.6. The number of carbonyl (C=O) groups is 6. The zero-order valence-electron chi connectivity index (χ0n) is 39.2. The minimum Gasteiger partial charge on any atom is -0.464 e. The number of pyridine rings is 1. The van der Waals surface area contributed by atoms with Crippen molar-refractivity contribution in [2.45, 2.75) is 105 Å². The van der Waals surface area contributed by atoms with Crippen molar-refractivity contribution in [3.05, 3.63) is 58.2 Å². The molecule has 2 fully saturated rings. The highest BCUT2D eigenvalue weighted by molar-refractivity contribution is 7.10. The monoisotopic (exact) mass is 920 g/mol. The van der Waals surface area contributed by atoms with Crippen LogP contribution in [0.25, 0.3) is 33.4 Å². The van der Waals surface area contributed by atoms with Crippen LogP contribution < -0.4 is 10.7 Å². The van der Waals surface area contributed by atoms with Gasteiger partial charge >= 0.3 is 5.97 Å². The van der Waals surface area contributed by atoms with E-state index >= 15 is 0 Å². The van der Waals surface area contributed by atoms with E-state index in [1.807, 2.05) is 70.3 Å². The number of hydrazine groups is 1. The summed E-state index contributed by atoms with van der Waals surface area (Å²) in [6.45, 7) is 13.6. The Bertz CT molecular complexity index is 2610. The Morgan fingerprint density at radius 2 is 1.88 bits per heavy atom. The minimum absolute atomic E-state index is 0.0250. The van der Waals surface area contributed by atoms with Gasteiger partial charge in [0, 0.05) is 80.6 Å². The van der Waals surface area contributed by atoms with E-state index in [-0.39, 0.29) is 55.9 Å². The standard InChI is InChI=1S/C49H60N8O8S/c1-10-13-41(59)55-21-18-32(25-55)46(61)54(8)43(28(2)3)45(60)52-37-23-40-51-38(26-66-40)31-16-17-39-34(22-31)35(44(57(39)30(5)58)33-14-11-19-50-42(33)29(4)64-9)24-49(6,7)27-65-48(63)36-15-12-20-56(53-36)47(37)62/h11,14,16-17,19,22,26,28-29,32,36-37,43,53H,12,15,18,20-21,23-25,27H2,1-9H3,(H,52,60)/t29-,32-,36-,37-,43?/m0/s1. The van der Waals surface area contributed by atoms with E-state index < -0.39 is 47.2 Å². The number of hydrogen-bond acceptors (Lipinski definition) is 12. The van der Waals surface area contributed by atoms with Gasteiger partial charge < -0.3 is 24.6 Å². The van der Waals surface area contributed by atoms with Crippen molar-refractivity contribution in [1.82, 2.24) is 40.1 Å². The first-order valence-electron chi connectivity index (χ1n) is 22.6. The SMILES string of the molecule is CC#CC(=O)N1CC[C@H](C(=O)N(C)C(C(=O)N[C@H]2Cc3nc(cs3)-c3ccc4c(c3)c(c(-c3cccnc3[C@H](C)OC)n4C(C)=O)CC(C)(C)COC(=O)[C@@H]3CCCN(N3)C2=O)C(C)C)C1. The summed E-state index contributed by atoms with van der Waals surface area (Å²) in [6, 6.07) is 6.73. The summed E-state index contributed by atoms with van der Waals surface area (Å²) >= 11 is 1.35. The average molecular weight is 921 g/mol. The zero-order chi connectivity index (χ0) is 47.6. The number of methoxy groups -OCH3 is 1. The number of thiazole rings is 1. The van der Waals surface area contributed by atoms with Crippen LogP contribution in [0.4, 0.5) is 0 Å². The molecule has 66 heavy (non-hydrogen) atoms. The molecule has 3 aromatic heterocycles. The zero-order valence-corrected chi connectivity index (χ0v) is 40.0. The molecule has 6 bridgehead atoms. The molecule has 350 valence electrons. The second kappa shape index (κ2) is 19.9. The lowest BCUT2D eigenvalue weighted by atomic mass is 9.84. The van der Waals surface area contributed by atoms with Gasteiger partial charge in [0.2, 0.25) is 17.7 Å². The quantitative estimate of drug-likeness (QED) is 0.175. The number of cyclic esters (lactones) is 1. The van der Waals surface area contributed by atoms with Gasteiger partial charge in [0.25, 0.3) is 11.8 Å². The van der Waals surface area contributed by atoms with Crippen LogP contribution in [0, 0.1) is 29.1 Å². The Morgan fingerprint density at radius 1 is 1.11 bits per heavy atom. The Kier molecular flexibility index (Phi) is 14.4. The number of fused-ring (bicyclic) bond motifs is 6. The molecule has 3 aliphatic rings. The number of benzene rings is 1. The lowest BCUT2D eigenvalue weighted by molar-refractivity contribution is -0.155. The maximum atomic E-state index is 14.6. The summed E-state index contributed by atoms with van der Waals surface area (Å²) in [4.78, 5) is 95.7. The fraction of sp³-hybridized carbons (Fsp3) is 0.510. The highest BCUT2D eigenvalue weighted by atomic mass is 32.1. The van der Waals surface area contributed by atoms with Gasteiger partial charge in [0.1, 0.15) is 18.1 Å². The van der Waals surface area contributed by atoms with E-state index in [1.165, 1.54) is 28.2 Å². The van der Waals surface area contributed by atoms with Crippen molar-refractivity contribution in [1.29, 1.82) is 0 Å². The van der Waals surface area contributed by atoms with Crippen molar-refractivity contribution >= 4 is 57.7 Å². The fourth-order valence-electron chi connectivity index (χ4n) is 9.41. The smallest absolute Gasteiger partial charge is 0.324 e. The van der Waals surface area contributed by atoms with Crippen LogP contribution in [-0.4, -0.2) is 123 Å². The molecular formula is C49H60N8O8S. The molecule has 0 saturated carbocycles. The fourth-order valence-corrected chi connectivity index (χ4v) is 10.3. The first-order chi connectivity index (χ1) is 31.4. The van der Waals surface area contributed by atoms with E-state index in [0.717, 1.165) is 22.1 Å². The third-order valence-electron chi connectivity index (χ3n) is 12.8. The Morgan fingerprint density at radius 3 is 2.59 bits per heavy atom. The predicted octanol–water partition coefficient (Wildman–Crippen LogP) is 5.20. The van der Waals surface area contributed by atoms with Gasteiger partial charge in [-0.1, -0.05) is 39.7 Å². The highest BCUT2D eigenvalue weighted by Gasteiger charge is 2.40. The third-order valence-corrected chi connectivity index (χ3v) is 13.7. The van der Waals surface area contributed by atoms with Crippen LogP contribution >= 0.6 is 11.3 Å². The highest BCUT2D eigenvalue weighted by Crippen LogP contribution is 2.42. The number of likely N-dealkylation sites (tertiary alicyclic amines) is 1. The molecule has 1 aromatic carbocycles. The Labute approximate surface area is 389 Å². The van der Waals surface area contributed by atoms with Crippen LogP contribution in [0.2, 0.25) is 0 Å². The molecule has 4 aromatic rings. The summed E-state index contributed by atoms with van der Waals surface area (Å²) in [7, 11) is 3.20. The molecule has 17 heteroatoms. The maximum Gasteiger partial charge on any atom is 0.324 e. The van der Waals surface area contributed by atoms with Gasteiger partial charge in [0.05, 0.1) is 46.2 Å². The lowest BCUT2D eigenvalue weighted by Crippen LogP contribution is -2.62. The second-order valence-corrected chi connectivity index (χ2v) is 19.6. The van der Waals surface area contributed by atoms with E-state index in [2.05, 4.69) is 22.6 Å². The van der Waals surface area contributed by atoms with Gasteiger partial charge in [-0.15, -0.1) is 11.3 Å². The first-order valence-corrected chi connectivity index (χ1v) is 23.4. The lowest BCUT2D eigenvalue weighted by Gasteiger charge is -2.36. The number of nitrogens with zero attached hydrogens (tertiary/aromatic N) is 6. The van der Waals surface area contributed by atoms with E-state index in [9.17, 15) is 28.8 Å². The van der Waals surface area contributed by atoms with Gasteiger partial charge in [-0.25, -0.2) is 10.4 Å². The van der Waals surface area contributed by atoms with E-state index in [1.54, 1.807) is 36.7 Å². The molecule has 5 atom stereocenters. The van der Waals surface area contributed by atoms with Gasteiger partial charge in [0.15, 0.2) is 0 Å². The van der Waals surface area contributed by atoms with Crippen molar-refractivity contribution in [3.63, 3.8) is 0 Å².